The Bertz CT molecular complexity index is 728. The minimum absolute atomic E-state index is 0.0197. The maximum Gasteiger partial charge on any atom is 0.342 e. The fraction of sp³-hybridized carbons (Fsp3) is 0.231. The van der Waals surface area contributed by atoms with E-state index in [4.69, 9.17) is 9.84 Å². The Morgan fingerprint density at radius 3 is 2.91 bits per heavy atom. The van der Waals surface area contributed by atoms with E-state index in [0.29, 0.717) is 10.3 Å². The number of hydrogen-bond donors (Lipinski definition) is 1. The largest absolute Gasteiger partial charge is 0.489 e. The van der Waals surface area contributed by atoms with Crippen molar-refractivity contribution in [2.45, 2.75) is 13.5 Å². The van der Waals surface area contributed by atoms with Crippen LogP contribution in [0.4, 0.5) is 5.82 Å². The van der Waals surface area contributed by atoms with Gasteiger partial charge in [-0.1, -0.05) is 15.9 Å². The molecule has 0 fully saturated rings. The lowest BCUT2D eigenvalue weighted by atomic mass is 10.2. The van der Waals surface area contributed by atoms with Gasteiger partial charge in [-0.2, -0.15) is 0 Å². The average molecular weight is 370 g/mol. The zero-order valence-electron chi connectivity index (χ0n) is 11.5. The molecule has 1 aromatic heterocycles. The average Bonchev–Trinajstić information content (AvgIpc) is 2.82. The molecule has 2 aromatic rings. The number of carboxylic acids is 1. The van der Waals surface area contributed by atoms with Crippen LogP contribution in [0.2, 0.25) is 0 Å². The van der Waals surface area contributed by atoms with Crippen molar-refractivity contribution in [3.63, 3.8) is 0 Å². The molecule has 1 aromatic carbocycles. The molecule has 0 saturated carbocycles. The first kappa shape index (κ1) is 16.0. The Labute approximate surface area is 133 Å². The third-order valence-electron chi connectivity index (χ3n) is 2.97. The van der Waals surface area contributed by atoms with Crippen molar-refractivity contribution < 1.29 is 19.6 Å². The quantitative estimate of drug-likeness (QED) is 0.619. The van der Waals surface area contributed by atoms with Crippen LogP contribution < -0.4 is 4.74 Å². The van der Waals surface area contributed by atoms with Crippen molar-refractivity contribution in [3.8, 4) is 5.75 Å². The number of halogens is 1. The zero-order valence-corrected chi connectivity index (χ0v) is 13.1. The van der Waals surface area contributed by atoms with Gasteiger partial charge < -0.3 is 20.0 Å². The highest BCUT2D eigenvalue weighted by atomic mass is 79.9. The second kappa shape index (κ2) is 6.56. The molecule has 0 aliphatic carbocycles. The third-order valence-corrected chi connectivity index (χ3v) is 3.46. The molecule has 22 heavy (non-hydrogen) atoms. The number of benzene rings is 1. The number of carboxylic acid groups (broad SMARTS) is 1. The molecule has 116 valence electrons. The number of aromatic carboxylic acids is 1. The van der Waals surface area contributed by atoms with E-state index in [2.05, 4.69) is 20.9 Å². The van der Waals surface area contributed by atoms with E-state index in [1.165, 1.54) is 22.9 Å². The van der Waals surface area contributed by atoms with Gasteiger partial charge in [-0.05, 0) is 23.1 Å². The maximum absolute atomic E-state index is 11.2. The highest BCUT2D eigenvalue weighted by molar-refractivity contribution is 9.10. The molecule has 0 unspecified atom stereocenters. The Kier molecular flexibility index (Phi) is 4.76. The van der Waals surface area contributed by atoms with Crippen LogP contribution in [0.25, 0.3) is 0 Å². The van der Waals surface area contributed by atoms with Crippen LogP contribution >= 0.6 is 15.9 Å². The Balaban J connectivity index is 2.11. The van der Waals surface area contributed by atoms with Crippen LogP contribution in [0.15, 0.2) is 28.9 Å². The van der Waals surface area contributed by atoms with Crippen molar-refractivity contribution in [1.82, 2.24) is 9.55 Å². The minimum atomic E-state index is -1.11. The van der Waals surface area contributed by atoms with Gasteiger partial charge in [-0.3, -0.25) is 0 Å². The van der Waals surface area contributed by atoms with Gasteiger partial charge in [0, 0.05) is 11.4 Å². The summed E-state index contributed by atoms with van der Waals surface area (Å²) in [6, 6.07) is 4.62. The highest BCUT2D eigenvalue weighted by Gasteiger charge is 2.18. The predicted octanol–water partition coefficient (Wildman–Crippen LogP) is 2.64. The number of imidazole rings is 1. The van der Waals surface area contributed by atoms with Crippen LogP contribution in [0.1, 0.15) is 16.2 Å². The minimum Gasteiger partial charge on any atom is -0.489 e. The second-order valence-corrected chi connectivity index (χ2v) is 5.28. The van der Waals surface area contributed by atoms with Crippen molar-refractivity contribution in [2.75, 3.05) is 6.61 Å². The molecule has 2 rings (SSSR count). The fourth-order valence-corrected chi connectivity index (χ4v) is 2.28. The molecule has 0 radical (unpaired) electrons. The lowest BCUT2D eigenvalue weighted by Gasteiger charge is -2.09. The van der Waals surface area contributed by atoms with Gasteiger partial charge in [0.05, 0.1) is 0 Å². The zero-order chi connectivity index (χ0) is 16.3. The fourth-order valence-electron chi connectivity index (χ4n) is 1.92. The van der Waals surface area contributed by atoms with E-state index in [0.717, 1.165) is 0 Å². The summed E-state index contributed by atoms with van der Waals surface area (Å²) in [6.07, 6.45) is 1.18. The van der Waals surface area contributed by atoms with E-state index in [1.54, 1.807) is 13.0 Å². The number of hydrogen-bond acceptors (Lipinski definition) is 5. The first-order valence-corrected chi connectivity index (χ1v) is 7.01. The summed E-state index contributed by atoms with van der Waals surface area (Å²) in [7, 11) is 0. The van der Waals surface area contributed by atoms with E-state index in [1.807, 2.05) is 0 Å². The van der Waals surface area contributed by atoms with Gasteiger partial charge in [-0.25, -0.2) is 14.3 Å². The van der Waals surface area contributed by atoms with Crippen LogP contribution in [0.5, 0.6) is 5.75 Å². The highest BCUT2D eigenvalue weighted by Crippen LogP contribution is 2.23. The molecule has 0 aliphatic heterocycles. The number of carbonyl (C=O) groups is 1. The van der Waals surface area contributed by atoms with Gasteiger partial charge in [-0.15, -0.1) is 0 Å². The maximum atomic E-state index is 11.2. The molecular formula is C13H12BrN3O5. The summed E-state index contributed by atoms with van der Waals surface area (Å²) in [4.78, 5) is 25.4. The third kappa shape index (κ3) is 3.42. The Hall–Kier alpha value is -2.42. The number of rotatable bonds is 6. The number of ether oxygens (including phenoxy) is 1. The van der Waals surface area contributed by atoms with Gasteiger partial charge in [0.15, 0.2) is 5.82 Å². The first-order chi connectivity index (χ1) is 10.4. The monoisotopic (exact) mass is 369 g/mol. The van der Waals surface area contributed by atoms with Crippen LogP contribution in [0, 0.1) is 17.0 Å². The smallest absolute Gasteiger partial charge is 0.342 e. The van der Waals surface area contributed by atoms with E-state index in [-0.39, 0.29) is 30.3 Å². The molecule has 9 heteroatoms. The molecule has 1 N–H and O–H groups in total. The molecule has 0 aliphatic rings. The topological polar surface area (TPSA) is 107 Å². The molecule has 1 heterocycles. The number of aromatic nitrogens is 2. The summed E-state index contributed by atoms with van der Waals surface area (Å²) in [5.41, 5.74) is 0.0197. The van der Waals surface area contributed by atoms with Crippen molar-refractivity contribution >= 4 is 27.7 Å². The van der Waals surface area contributed by atoms with E-state index < -0.39 is 10.9 Å². The normalized spacial score (nSPS) is 10.5. The van der Waals surface area contributed by atoms with Gasteiger partial charge in [0.2, 0.25) is 0 Å². The molecule has 0 spiro atoms. The van der Waals surface area contributed by atoms with Gasteiger partial charge in [0.25, 0.3) is 0 Å². The van der Waals surface area contributed by atoms with Crippen molar-refractivity contribution in [1.29, 1.82) is 0 Å². The molecule has 0 saturated heterocycles. The molecular weight excluding hydrogens is 358 g/mol. The number of nitrogens with zero attached hydrogens (tertiary/aromatic N) is 3. The van der Waals surface area contributed by atoms with Gasteiger partial charge >= 0.3 is 11.8 Å². The number of aryl methyl sites for hydroxylation is 1. The summed E-state index contributed by atoms with van der Waals surface area (Å²) < 4.78 is 7.47. The van der Waals surface area contributed by atoms with Crippen LogP contribution in [-0.4, -0.2) is 32.2 Å². The molecule has 0 bridgehead atoms. The SMILES string of the molecule is Cc1ncc([N+](=O)[O-])n1CCOc1ccc(Br)cc1C(=O)O. The van der Waals surface area contributed by atoms with Crippen LogP contribution in [-0.2, 0) is 6.54 Å². The van der Waals surface area contributed by atoms with E-state index in [9.17, 15) is 14.9 Å². The molecule has 0 amide bonds. The first-order valence-electron chi connectivity index (χ1n) is 6.22. The van der Waals surface area contributed by atoms with Gasteiger partial charge in [0.1, 0.15) is 30.7 Å². The molecule has 8 nitrogen and oxygen atoms in total. The summed E-state index contributed by atoms with van der Waals surface area (Å²) in [6.45, 7) is 1.92. The summed E-state index contributed by atoms with van der Waals surface area (Å²) in [5, 5.41) is 20.0. The molecule has 0 atom stereocenters. The predicted molar refractivity (Wildman–Crippen MR) is 80.2 cm³/mol. The van der Waals surface area contributed by atoms with Crippen LogP contribution in [0.3, 0.4) is 0 Å². The second-order valence-electron chi connectivity index (χ2n) is 4.37. The van der Waals surface area contributed by atoms with Crippen molar-refractivity contribution in [3.05, 3.63) is 50.4 Å². The summed E-state index contributed by atoms with van der Waals surface area (Å²) in [5.74, 6) is -0.544. The number of nitro groups is 1. The standard InChI is InChI=1S/C13H12BrN3O5/c1-8-15-7-12(17(20)21)16(8)4-5-22-11-3-2-9(14)6-10(11)13(18)19/h2-3,6-7H,4-5H2,1H3,(H,18,19). The Morgan fingerprint density at radius 1 is 1.55 bits per heavy atom. The summed E-state index contributed by atoms with van der Waals surface area (Å²) >= 11 is 3.19. The van der Waals surface area contributed by atoms with E-state index >= 15 is 0 Å². The Morgan fingerprint density at radius 2 is 2.27 bits per heavy atom. The lowest BCUT2D eigenvalue weighted by molar-refractivity contribution is -0.392. The lowest BCUT2D eigenvalue weighted by Crippen LogP contribution is -2.13. The van der Waals surface area contributed by atoms with Crippen molar-refractivity contribution in [2.24, 2.45) is 0 Å².